The first-order valence-electron chi connectivity index (χ1n) is 8.76. The summed E-state index contributed by atoms with van der Waals surface area (Å²) in [6.07, 6.45) is 2.72. The first-order chi connectivity index (χ1) is 12.0. The van der Waals surface area contributed by atoms with Crippen LogP contribution in [0.1, 0.15) is 30.9 Å². The lowest BCUT2D eigenvalue weighted by atomic mass is 9.91. The number of benzene rings is 1. The van der Waals surface area contributed by atoms with E-state index in [2.05, 4.69) is 5.32 Å². The van der Waals surface area contributed by atoms with E-state index in [9.17, 15) is 9.18 Å². The standard InChI is InChI=1S/C18H21Cl2FN2O2/c19-13-8-14(20)15(21)7-11(13)16-10-23(5-6-25-16)17(24)12-9-18(12)1-3-22-4-2-18/h7-8,12,16,22H,1-6,9-10H2. The average molecular weight is 387 g/mol. The van der Waals surface area contributed by atoms with Crippen LogP contribution in [0.25, 0.3) is 0 Å². The fourth-order valence-corrected chi connectivity index (χ4v) is 4.72. The number of rotatable bonds is 2. The zero-order chi connectivity index (χ0) is 17.6. The molecule has 4 nitrogen and oxygen atoms in total. The Labute approximate surface area is 156 Å². The SMILES string of the molecule is O=C(C1CC12CCNCC2)N1CCOC(c2cc(F)c(Cl)cc2Cl)C1. The van der Waals surface area contributed by atoms with Gasteiger partial charge in [0, 0.05) is 23.0 Å². The summed E-state index contributed by atoms with van der Waals surface area (Å²) in [5, 5.41) is 3.71. The lowest BCUT2D eigenvalue weighted by molar-refractivity contribution is -0.141. The predicted molar refractivity (Wildman–Crippen MR) is 94.3 cm³/mol. The van der Waals surface area contributed by atoms with E-state index in [1.165, 1.54) is 12.1 Å². The maximum Gasteiger partial charge on any atom is 0.226 e. The molecule has 2 saturated heterocycles. The number of nitrogens with zero attached hydrogens (tertiary/aromatic N) is 1. The Bertz CT molecular complexity index is 694. The maximum atomic E-state index is 13.8. The molecule has 136 valence electrons. The van der Waals surface area contributed by atoms with Crippen molar-refractivity contribution in [3.05, 3.63) is 33.6 Å². The van der Waals surface area contributed by atoms with Crippen molar-refractivity contribution in [3.8, 4) is 0 Å². The molecule has 2 atom stereocenters. The number of amides is 1. The van der Waals surface area contributed by atoms with Crippen molar-refractivity contribution in [1.82, 2.24) is 10.2 Å². The van der Waals surface area contributed by atoms with Crippen LogP contribution >= 0.6 is 23.2 Å². The summed E-state index contributed by atoms with van der Waals surface area (Å²) in [6, 6.07) is 2.71. The molecule has 3 fully saturated rings. The van der Waals surface area contributed by atoms with Gasteiger partial charge < -0.3 is 15.0 Å². The highest BCUT2D eigenvalue weighted by Gasteiger charge is 2.58. The molecule has 0 aromatic heterocycles. The van der Waals surface area contributed by atoms with Gasteiger partial charge in [0.05, 0.1) is 18.2 Å². The number of nitrogens with one attached hydrogen (secondary N) is 1. The van der Waals surface area contributed by atoms with Crippen molar-refractivity contribution in [1.29, 1.82) is 0 Å². The Morgan fingerprint density at radius 2 is 2.04 bits per heavy atom. The fourth-order valence-electron chi connectivity index (χ4n) is 4.22. The third-order valence-corrected chi connectivity index (χ3v) is 6.47. The summed E-state index contributed by atoms with van der Waals surface area (Å²) in [5.74, 6) is -0.185. The zero-order valence-electron chi connectivity index (χ0n) is 13.9. The Morgan fingerprint density at radius 1 is 1.28 bits per heavy atom. The minimum Gasteiger partial charge on any atom is -0.370 e. The number of morpholine rings is 1. The molecule has 3 aliphatic rings. The maximum absolute atomic E-state index is 13.8. The van der Waals surface area contributed by atoms with Crippen LogP contribution in [0.4, 0.5) is 4.39 Å². The van der Waals surface area contributed by atoms with Gasteiger partial charge in [0.2, 0.25) is 5.91 Å². The quantitative estimate of drug-likeness (QED) is 0.791. The van der Waals surface area contributed by atoms with E-state index in [-0.39, 0.29) is 22.3 Å². The van der Waals surface area contributed by atoms with Crippen LogP contribution < -0.4 is 5.32 Å². The first kappa shape index (κ1) is 17.5. The number of hydrogen-bond acceptors (Lipinski definition) is 3. The first-order valence-corrected chi connectivity index (χ1v) is 9.51. The summed E-state index contributed by atoms with van der Waals surface area (Å²) in [4.78, 5) is 14.8. The van der Waals surface area contributed by atoms with Gasteiger partial charge >= 0.3 is 0 Å². The molecular weight excluding hydrogens is 366 g/mol. The highest BCUT2D eigenvalue weighted by molar-refractivity contribution is 6.35. The van der Waals surface area contributed by atoms with Gasteiger partial charge in [0.1, 0.15) is 11.9 Å². The second kappa shape index (κ2) is 6.69. The average Bonchev–Trinajstić information content (AvgIpc) is 3.31. The molecule has 1 aromatic carbocycles. The molecule has 1 saturated carbocycles. The lowest BCUT2D eigenvalue weighted by Gasteiger charge is -2.34. The lowest BCUT2D eigenvalue weighted by Crippen LogP contribution is -2.44. The molecule has 1 amide bonds. The van der Waals surface area contributed by atoms with Crippen molar-refractivity contribution >= 4 is 29.1 Å². The number of carbonyl (C=O) groups is 1. The van der Waals surface area contributed by atoms with Crippen LogP contribution in [0.15, 0.2) is 12.1 Å². The Kier molecular flexibility index (Phi) is 4.69. The van der Waals surface area contributed by atoms with E-state index in [1.54, 1.807) is 0 Å². The van der Waals surface area contributed by atoms with E-state index in [0.29, 0.717) is 30.3 Å². The monoisotopic (exact) mass is 386 g/mol. The third kappa shape index (κ3) is 3.27. The molecule has 25 heavy (non-hydrogen) atoms. The smallest absolute Gasteiger partial charge is 0.226 e. The molecule has 2 aliphatic heterocycles. The minimum atomic E-state index is -0.524. The van der Waals surface area contributed by atoms with E-state index in [0.717, 1.165) is 32.4 Å². The van der Waals surface area contributed by atoms with Gasteiger partial charge in [-0.1, -0.05) is 23.2 Å². The van der Waals surface area contributed by atoms with Gasteiger partial charge in [-0.05, 0) is 49.9 Å². The number of ether oxygens (including phenoxy) is 1. The molecule has 1 aromatic rings. The summed E-state index contributed by atoms with van der Waals surface area (Å²) >= 11 is 12.0. The summed E-state index contributed by atoms with van der Waals surface area (Å²) in [7, 11) is 0. The highest BCUT2D eigenvalue weighted by Crippen LogP contribution is 2.59. The summed E-state index contributed by atoms with van der Waals surface area (Å²) in [5.41, 5.74) is 0.758. The molecule has 1 aliphatic carbocycles. The van der Waals surface area contributed by atoms with Gasteiger partial charge in [-0.25, -0.2) is 4.39 Å². The van der Waals surface area contributed by atoms with Gasteiger partial charge in [-0.3, -0.25) is 4.79 Å². The molecule has 2 unspecified atom stereocenters. The molecule has 2 heterocycles. The van der Waals surface area contributed by atoms with Crippen molar-refractivity contribution in [2.24, 2.45) is 11.3 Å². The van der Waals surface area contributed by atoms with Crippen molar-refractivity contribution in [2.75, 3.05) is 32.8 Å². The van der Waals surface area contributed by atoms with Crippen molar-refractivity contribution in [3.63, 3.8) is 0 Å². The van der Waals surface area contributed by atoms with Crippen LogP contribution in [-0.4, -0.2) is 43.6 Å². The third-order valence-electron chi connectivity index (χ3n) is 5.85. The van der Waals surface area contributed by atoms with E-state index in [4.69, 9.17) is 27.9 Å². The van der Waals surface area contributed by atoms with Gasteiger partial charge in [0.25, 0.3) is 0 Å². The topological polar surface area (TPSA) is 41.6 Å². The zero-order valence-corrected chi connectivity index (χ0v) is 15.4. The summed E-state index contributed by atoms with van der Waals surface area (Å²) in [6.45, 7) is 3.40. The highest BCUT2D eigenvalue weighted by atomic mass is 35.5. The molecular formula is C18H21Cl2FN2O2. The number of carbonyl (C=O) groups excluding carboxylic acids is 1. The molecule has 1 N–H and O–H groups in total. The van der Waals surface area contributed by atoms with Crippen molar-refractivity contribution in [2.45, 2.75) is 25.4 Å². The molecule has 0 radical (unpaired) electrons. The summed E-state index contributed by atoms with van der Waals surface area (Å²) < 4.78 is 19.6. The fraction of sp³-hybridized carbons (Fsp3) is 0.611. The predicted octanol–water partition coefficient (Wildman–Crippen LogP) is 3.42. The van der Waals surface area contributed by atoms with Crippen LogP contribution in [-0.2, 0) is 9.53 Å². The Morgan fingerprint density at radius 3 is 2.80 bits per heavy atom. The van der Waals surface area contributed by atoms with Gasteiger partial charge in [-0.15, -0.1) is 0 Å². The van der Waals surface area contributed by atoms with Gasteiger partial charge in [-0.2, -0.15) is 0 Å². The number of halogens is 3. The molecule has 4 rings (SSSR count). The van der Waals surface area contributed by atoms with Gasteiger partial charge in [0.15, 0.2) is 0 Å². The second-order valence-electron chi connectivity index (χ2n) is 7.30. The van der Waals surface area contributed by atoms with Crippen LogP contribution in [0.3, 0.4) is 0 Å². The van der Waals surface area contributed by atoms with Crippen LogP contribution in [0.2, 0.25) is 10.0 Å². The van der Waals surface area contributed by atoms with Crippen LogP contribution in [0.5, 0.6) is 0 Å². The largest absolute Gasteiger partial charge is 0.370 e. The van der Waals surface area contributed by atoms with Crippen molar-refractivity contribution < 1.29 is 13.9 Å². The molecule has 7 heteroatoms. The molecule has 1 spiro atoms. The number of piperidine rings is 1. The van der Waals surface area contributed by atoms with Crippen LogP contribution in [0, 0.1) is 17.2 Å². The Balaban J connectivity index is 1.46. The normalized spacial score (nSPS) is 28.2. The minimum absolute atomic E-state index is 0.0108. The molecule has 0 bridgehead atoms. The van der Waals surface area contributed by atoms with E-state index in [1.807, 2.05) is 4.90 Å². The second-order valence-corrected chi connectivity index (χ2v) is 8.11. The van der Waals surface area contributed by atoms with E-state index < -0.39 is 11.9 Å². The number of hydrogen-bond donors (Lipinski definition) is 1. The Hall–Kier alpha value is -0.880. The van der Waals surface area contributed by atoms with E-state index >= 15 is 0 Å².